The predicted molar refractivity (Wildman–Crippen MR) is 73.3 cm³/mol. The van der Waals surface area contributed by atoms with E-state index in [9.17, 15) is 0 Å². The van der Waals surface area contributed by atoms with Crippen LogP contribution in [0, 0.1) is 12.8 Å². The van der Waals surface area contributed by atoms with Crippen molar-refractivity contribution in [2.45, 2.75) is 38.8 Å². The summed E-state index contributed by atoms with van der Waals surface area (Å²) >= 11 is 0. The number of anilines is 1. The van der Waals surface area contributed by atoms with Crippen LogP contribution >= 0.6 is 0 Å². The van der Waals surface area contributed by atoms with Crippen molar-refractivity contribution in [3.8, 4) is 0 Å². The monoisotopic (exact) mass is 249 g/mol. The molecule has 0 aliphatic heterocycles. The topological polar surface area (TPSA) is 60.2 Å². The molecular weight excluding hydrogens is 226 g/mol. The van der Waals surface area contributed by atoms with Gasteiger partial charge in [0.05, 0.1) is 12.1 Å². The first-order valence-electron chi connectivity index (χ1n) is 6.68. The number of nitrogens with two attached hydrogens (primary N) is 1. The van der Waals surface area contributed by atoms with Crippen LogP contribution in [-0.2, 0) is 4.74 Å². The fraction of sp³-hybridized carbons (Fsp3) is 0.643. The van der Waals surface area contributed by atoms with Crippen LogP contribution in [0.2, 0.25) is 0 Å². The van der Waals surface area contributed by atoms with Crippen LogP contribution in [0.4, 0.5) is 5.82 Å². The number of likely N-dealkylation sites (N-methyl/N-ethyl adjacent to an activating group) is 1. The molecule has 0 aromatic carbocycles. The van der Waals surface area contributed by atoms with Gasteiger partial charge < -0.3 is 15.8 Å². The lowest BCUT2D eigenvalue weighted by atomic mass is 9.97. The Labute approximate surface area is 109 Å². The van der Waals surface area contributed by atoms with Gasteiger partial charge >= 0.3 is 0 Å². The molecule has 0 saturated heterocycles. The summed E-state index contributed by atoms with van der Waals surface area (Å²) in [5, 5.41) is 3.35. The second-order valence-electron chi connectivity index (χ2n) is 5.01. The normalized spacial score (nSPS) is 18.6. The zero-order valence-electron chi connectivity index (χ0n) is 11.4. The number of aromatic nitrogens is 1. The molecule has 1 aromatic heterocycles. The molecule has 3 N–H and O–H groups in total. The van der Waals surface area contributed by atoms with Gasteiger partial charge in [-0.05, 0) is 51.3 Å². The van der Waals surface area contributed by atoms with Crippen molar-refractivity contribution in [2.75, 3.05) is 19.4 Å². The average Bonchev–Trinajstić information content (AvgIpc) is 3.17. The largest absolute Gasteiger partial charge is 0.383 e. The Bertz CT molecular complexity index is 404. The molecule has 1 fully saturated rings. The summed E-state index contributed by atoms with van der Waals surface area (Å²) in [7, 11) is 1.96. The summed E-state index contributed by atoms with van der Waals surface area (Å²) in [5.74, 6) is 1.26. The van der Waals surface area contributed by atoms with Crippen molar-refractivity contribution >= 4 is 5.82 Å². The third kappa shape index (κ3) is 2.82. The zero-order chi connectivity index (χ0) is 13.1. The Kier molecular flexibility index (Phi) is 4.19. The SMILES string of the molecule is CCOC(C1CC1)C(NC)c1cc(C)cnc1N. The van der Waals surface area contributed by atoms with Crippen molar-refractivity contribution in [2.24, 2.45) is 5.92 Å². The molecule has 4 nitrogen and oxygen atoms in total. The minimum absolute atomic E-state index is 0.129. The van der Waals surface area contributed by atoms with Crippen LogP contribution in [0.25, 0.3) is 0 Å². The highest BCUT2D eigenvalue weighted by Gasteiger charge is 2.38. The van der Waals surface area contributed by atoms with E-state index in [1.807, 2.05) is 20.9 Å². The standard InChI is InChI=1S/C14H23N3O/c1-4-18-13(10-5-6-10)12(16-3)11-7-9(2)8-17-14(11)15/h7-8,10,12-13,16H,4-6H2,1-3H3,(H2,15,17). The van der Waals surface area contributed by atoms with Crippen LogP contribution in [-0.4, -0.2) is 24.7 Å². The summed E-state index contributed by atoms with van der Waals surface area (Å²) in [6.45, 7) is 4.81. The Morgan fingerprint density at radius 1 is 1.56 bits per heavy atom. The van der Waals surface area contributed by atoms with Crippen molar-refractivity contribution < 1.29 is 4.74 Å². The molecule has 4 heteroatoms. The van der Waals surface area contributed by atoms with Crippen molar-refractivity contribution in [3.63, 3.8) is 0 Å². The van der Waals surface area contributed by atoms with E-state index in [4.69, 9.17) is 10.5 Å². The summed E-state index contributed by atoms with van der Waals surface area (Å²) in [5.41, 5.74) is 8.20. The number of nitrogens with one attached hydrogen (secondary N) is 1. The molecule has 1 aliphatic rings. The molecule has 0 bridgehead atoms. The van der Waals surface area contributed by atoms with Crippen molar-refractivity contribution in [1.29, 1.82) is 0 Å². The lowest BCUT2D eigenvalue weighted by Crippen LogP contribution is -2.34. The van der Waals surface area contributed by atoms with E-state index < -0.39 is 0 Å². The summed E-state index contributed by atoms with van der Waals surface area (Å²) in [6.07, 6.45) is 4.51. The number of pyridine rings is 1. The number of aryl methyl sites for hydroxylation is 1. The molecule has 0 spiro atoms. The number of hydrogen-bond acceptors (Lipinski definition) is 4. The lowest BCUT2D eigenvalue weighted by Gasteiger charge is -2.28. The van der Waals surface area contributed by atoms with E-state index in [1.54, 1.807) is 6.20 Å². The number of ether oxygens (including phenoxy) is 1. The smallest absolute Gasteiger partial charge is 0.128 e. The van der Waals surface area contributed by atoms with Gasteiger partial charge in [0.1, 0.15) is 5.82 Å². The highest BCUT2D eigenvalue weighted by atomic mass is 16.5. The van der Waals surface area contributed by atoms with Crippen LogP contribution in [0.1, 0.15) is 36.9 Å². The predicted octanol–water partition coefficient (Wildman–Crippen LogP) is 2.05. The highest BCUT2D eigenvalue weighted by molar-refractivity contribution is 5.43. The van der Waals surface area contributed by atoms with E-state index in [0.717, 1.165) is 17.7 Å². The molecular formula is C14H23N3O. The number of nitrogens with zero attached hydrogens (tertiary/aromatic N) is 1. The number of hydrogen-bond donors (Lipinski definition) is 2. The van der Waals surface area contributed by atoms with Gasteiger partial charge in [0.15, 0.2) is 0 Å². The maximum Gasteiger partial charge on any atom is 0.128 e. The number of rotatable bonds is 6. The molecule has 0 amide bonds. The third-order valence-electron chi connectivity index (χ3n) is 3.51. The molecule has 2 rings (SSSR count). The van der Waals surface area contributed by atoms with E-state index in [2.05, 4.69) is 16.4 Å². The molecule has 1 heterocycles. The van der Waals surface area contributed by atoms with Gasteiger partial charge in [0.25, 0.3) is 0 Å². The second-order valence-corrected chi connectivity index (χ2v) is 5.01. The molecule has 1 saturated carbocycles. The van der Waals surface area contributed by atoms with Crippen molar-refractivity contribution in [1.82, 2.24) is 10.3 Å². The van der Waals surface area contributed by atoms with Gasteiger partial charge in [-0.1, -0.05) is 0 Å². The molecule has 2 unspecified atom stereocenters. The van der Waals surface area contributed by atoms with Gasteiger partial charge in [0, 0.05) is 18.4 Å². The van der Waals surface area contributed by atoms with Crippen LogP contribution < -0.4 is 11.1 Å². The minimum Gasteiger partial charge on any atom is -0.383 e. The average molecular weight is 249 g/mol. The van der Waals surface area contributed by atoms with Crippen LogP contribution in [0.5, 0.6) is 0 Å². The summed E-state index contributed by atoms with van der Waals surface area (Å²) < 4.78 is 5.92. The van der Waals surface area contributed by atoms with Gasteiger partial charge in [-0.25, -0.2) is 4.98 Å². The lowest BCUT2D eigenvalue weighted by molar-refractivity contribution is 0.0205. The van der Waals surface area contributed by atoms with E-state index in [0.29, 0.717) is 11.7 Å². The second kappa shape index (κ2) is 5.67. The molecule has 100 valence electrons. The number of nitrogen functional groups attached to an aromatic ring is 1. The molecule has 18 heavy (non-hydrogen) atoms. The van der Waals surface area contributed by atoms with Gasteiger partial charge in [-0.2, -0.15) is 0 Å². The Morgan fingerprint density at radius 3 is 2.83 bits per heavy atom. The fourth-order valence-electron chi connectivity index (χ4n) is 2.47. The molecule has 0 radical (unpaired) electrons. The summed E-state index contributed by atoms with van der Waals surface area (Å²) in [6, 6.07) is 2.24. The Balaban J connectivity index is 2.27. The maximum absolute atomic E-state index is 6.01. The highest BCUT2D eigenvalue weighted by Crippen LogP contribution is 2.40. The first-order chi connectivity index (χ1) is 8.67. The quantitative estimate of drug-likeness (QED) is 0.810. The third-order valence-corrected chi connectivity index (χ3v) is 3.51. The maximum atomic E-state index is 6.01. The van der Waals surface area contributed by atoms with E-state index in [1.165, 1.54) is 12.8 Å². The molecule has 2 atom stereocenters. The van der Waals surface area contributed by atoms with E-state index >= 15 is 0 Å². The zero-order valence-corrected chi connectivity index (χ0v) is 11.4. The Hall–Kier alpha value is -1.13. The Morgan fingerprint density at radius 2 is 2.28 bits per heavy atom. The minimum atomic E-state index is 0.129. The van der Waals surface area contributed by atoms with Crippen molar-refractivity contribution in [3.05, 3.63) is 23.4 Å². The van der Waals surface area contributed by atoms with Gasteiger partial charge in [-0.3, -0.25) is 0 Å². The molecule has 1 aromatic rings. The van der Waals surface area contributed by atoms with Crippen LogP contribution in [0.3, 0.4) is 0 Å². The first kappa shape index (κ1) is 13.3. The van der Waals surface area contributed by atoms with Gasteiger partial charge in [0.2, 0.25) is 0 Å². The first-order valence-corrected chi connectivity index (χ1v) is 6.68. The molecule has 1 aliphatic carbocycles. The van der Waals surface area contributed by atoms with Gasteiger partial charge in [-0.15, -0.1) is 0 Å². The van der Waals surface area contributed by atoms with Crippen LogP contribution in [0.15, 0.2) is 12.3 Å². The summed E-state index contributed by atoms with van der Waals surface area (Å²) in [4.78, 5) is 4.25. The van der Waals surface area contributed by atoms with E-state index in [-0.39, 0.29) is 12.1 Å². The fourth-order valence-corrected chi connectivity index (χ4v) is 2.47.